The SMILES string of the molecule is Cc1cccc(C)c1Cn1nc(C(C)(C)C)cc1C(=O)NS(=O)(=O)c1ccco1. The van der Waals surface area contributed by atoms with Gasteiger partial charge in [0.1, 0.15) is 5.69 Å². The number of aromatic nitrogens is 2. The summed E-state index contributed by atoms with van der Waals surface area (Å²) in [7, 11) is -4.10. The number of sulfonamides is 1. The summed E-state index contributed by atoms with van der Waals surface area (Å²) in [5, 5.41) is 4.29. The molecule has 0 saturated carbocycles. The number of carbonyl (C=O) groups excluding carboxylic acids is 1. The molecule has 0 radical (unpaired) electrons. The Kier molecular flexibility index (Phi) is 5.40. The van der Waals surface area contributed by atoms with Gasteiger partial charge in [0, 0.05) is 5.41 Å². The maximum atomic E-state index is 12.9. The van der Waals surface area contributed by atoms with Crippen LogP contribution in [-0.4, -0.2) is 24.1 Å². The normalized spacial score (nSPS) is 12.2. The summed E-state index contributed by atoms with van der Waals surface area (Å²) >= 11 is 0. The second kappa shape index (κ2) is 7.51. The first-order valence-electron chi connectivity index (χ1n) is 9.23. The van der Waals surface area contributed by atoms with Crippen molar-refractivity contribution in [2.75, 3.05) is 0 Å². The van der Waals surface area contributed by atoms with E-state index in [0.29, 0.717) is 12.2 Å². The van der Waals surface area contributed by atoms with Crippen LogP contribution in [0.2, 0.25) is 0 Å². The summed E-state index contributed by atoms with van der Waals surface area (Å²) in [5.41, 5.74) is 3.76. The van der Waals surface area contributed by atoms with Gasteiger partial charge in [-0.05, 0) is 48.7 Å². The largest absolute Gasteiger partial charge is 0.451 e. The van der Waals surface area contributed by atoms with Crippen molar-refractivity contribution >= 4 is 15.9 Å². The van der Waals surface area contributed by atoms with E-state index in [0.717, 1.165) is 16.7 Å². The summed E-state index contributed by atoms with van der Waals surface area (Å²) in [6.45, 7) is 10.3. The standard InChI is InChI=1S/C21H25N3O4S/c1-14-8-6-9-15(2)16(14)13-24-17(12-18(22-24)21(3,4)5)20(25)23-29(26,27)19-10-7-11-28-19/h6-12H,13H2,1-5H3,(H,23,25). The third kappa shape index (κ3) is 4.42. The van der Waals surface area contributed by atoms with Crippen molar-refractivity contribution in [2.24, 2.45) is 0 Å². The van der Waals surface area contributed by atoms with Crippen LogP contribution in [0.4, 0.5) is 0 Å². The Hall–Kier alpha value is -2.87. The Labute approximate surface area is 170 Å². The smallest absolute Gasteiger partial charge is 0.297 e. The number of benzene rings is 1. The van der Waals surface area contributed by atoms with Crippen molar-refractivity contribution in [1.82, 2.24) is 14.5 Å². The second-order valence-corrected chi connectivity index (χ2v) is 9.67. The van der Waals surface area contributed by atoms with Gasteiger partial charge in [0.15, 0.2) is 0 Å². The quantitative estimate of drug-likeness (QED) is 0.688. The number of aryl methyl sites for hydroxylation is 2. The Morgan fingerprint density at radius 3 is 2.34 bits per heavy atom. The topological polar surface area (TPSA) is 94.2 Å². The van der Waals surface area contributed by atoms with E-state index < -0.39 is 15.9 Å². The monoisotopic (exact) mass is 415 g/mol. The Balaban J connectivity index is 2.01. The minimum Gasteiger partial charge on any atom is -0.451 e. The molecule has 0 aliphatic carbocycles. The zero-order chi connectivity index (χ0) is 21.4. The van der Waals surface area contributed by atoms with Gasteiger partial charge in [0.05, 0.1) is 18.5 Å². The Morgan fingerprint density at radius 2 is 1.79 bits per heavy atom. The average molecular weight is 416 g/mol. The minimum atomic E-state index is -4.10. The number of nitrogens with one attached hydrogen (secondary N) is 1. The van der Waals surface area contributed by atoms with Gasteiger partial charge in [-0.3, -0.25) is 9.48 Å². The van der Waals surface area contributed by atoms with Crippen molar-refractivity contribution in [3.8, 4) is 0 Å². The molecule has 0 aliphatic heterocycles. The van der Waals surface area contributed by atoms with Crippen molar-refractivity contribution < 1.29 is 17.6 Å². The highest BCUT2D eigenvalue weighted by atomic mass is 32.2. The molecular formula is C21H25N3O4S. The zero-order valence-corrected chi connectivity index (χ0v) is 18.0. The van der Waals surface area contributed by atoms with E-state index in [1.54, 1.807) is 10.7 Å². The minimum absolute atomic E-state index is 0.174. The van der Waals surface area contributed by atoms with Gasteiger partial charge < -0.3 is 4.42 Å². The lowest BCUT2D eigenvalue weighted by Crippen LogP contribution is -2.32. The molecule has 3 aromatic rings. The predicted molar refractivity (Wildman–Crippen MR) is 109 cm³/mol. The van der Waals surface area contributed by atoms with Crippen molar-refractivity contribution in [2.45, 2.75) is 51.7 Å². The third-order valence-corrected chi connectivity index (χ3v) is 5.94. The van der Waals surface area contributed by atoms with Crippen LogP contribution in [0.1, 0.15) is 53.6 Å². The molecule has 29 heavy (non-hydrogen) atoms. The molecule has 3 rings (SSSR count). The van der Waals surface area contributed by atoms with Crippen LogP contribution in [0.5, 0.6) is 0 Å². The lowest BCUT2D eigenvalue weighted by atomic mass is 9.92. The van der Waals surface area contributed by atoms with Crippen LogP contribution in [0, 0.1) is 13.8 Å². The van der Waals surface area contributed by atoms with E-state index in [-0.39, 0.29) is 16.2 Å². The fourth-order valence-electron chi connectivity index (χ4n) is 2.98. The van der Waals surface area contributed by atoms with Gasteiger partial charge in [-0.25, -0.2) is 4.72 Å². The molecule has 0 unspecified atom stereocenters. The molecule has 1 N–H and O–H groups in total. The van der Waals surface area contributed by atoms with Crippen molar-refractivity contribution in [3.63, 3.8) is 0 Å². The van der Waals surface area contributed by atoms with Gasteiger partial charge in [-0.1, -0.05) is 39.0 Å². The van der Waals surface area contributed by atoms with Crippen molar-refractivity contribution in [3.05, 3.63) is 70.7 Å². The second-order valence-electron chi connectivity index (χ2n) is 8.06. The number of carbonyl (C=O) groups is 1. The van der Waals surface area contributed by atoms with Gasteiger partial charge in [-0.15, -0.1) is 0 Å². The number of furan rings is 1. The van der Waals surface area contributed by atoms with Crippen molar-refractivity contribution in [1.29, 1.82) is 0 Å². The lowest BCUT2D eigenvalue weighted by Gasteiger charge is -2.15. The van der Waals surface area contributed by atoms with Gasteiger partial charge >= 0.3 is 0 Å². The molecule has 2 heterocycles. The van der Waals surface area contributed by atoms with E-state index in [9.17, 15) is 13.2 Å². The van der Waals surface area contributed by atoms with Gasteiger partial charge in [0.25, 0.3) is 15.9 Å². The van der Waals surface area contributed by atoms with Crippen LogP contribution >= 0.6 is 0 Å². The van der Waals surface area contributed by atoms with Crippen LogP contribution in [0.15, 0.2) is 52.2 Å². The van der Waals surface area contributed by atoms with E-state index >= 15 is 0 Å². The summed E-state index contributed by atoms with van der Waals surface area (Å²) in [6.07, 6.45) is 1.24. The van der Waals surface area contributed by atoms with Crippen LogP contribution in [0.3, 0.4) is 0 Å². The lowest BCUT2D eigenvalue weighted by molar-refractivity contribution is 0.0970. The molecule has 1 aromatic carbocycles. The summed E-state index contributed by atoms with van der Waals surface area (Å²) in [6, 6.07) is 10.3. The number of amides is 1. The van der Waals surface area contributed by atoms with E-state index in [1.165, 1.54) is 18.4 Å². The highest BCUT2D eigenvalue weighted by molar-refractivity contribution is 7.90. The maximum Gasteiger partial charge on any atom is 0.297 e. The first-order valence-corrected chi connectivity index (χ1v) is 10.7. The first-order chi connectivity index (χ1) is 13.5. The molecule has 0 saturated heterocycles. The number of rotatable bonds is 5. The zero-order valence-electron chi connectivity index (χ0n) is 17.2. The molecule has 0 spiro atoms. The molecule has 7 nitrogen and oxygen atoms in total. The number of hydrogen-bond acceptors (Lipinski definition) is 5. The Bertz CT molecular complexity index is 1120. The van der Waals surface area contributed by atoms with Crippen LogP contribution in [0.25, 0.3) is 0 Å². The summed E-state index contributed by atoms with van der Waals surface area (Å²) < 4.78 is 33.4. The predicted octanol–water partition coefficient (Wildman–Crippen LogP) is 3.56. The molecule has 154 valence electrons. The molecule has 0 aliphatic rings. The Morgan fingerprint density at radius 1 is 1.14 bits per heavy atom. The summed E-state index contributed by atoms with van der Waals surface area (Å²) in [4.78, 5) is 12.9. The fraction of sp³-hybridized carbons (Fsp3) is 0.333. The number of nitrogens with zero attached hydrogens (tertiary/aromatic N) is 2. The van der Waals surface area contributed by atoms with E-state index in [1.807, 2.05) is 52.8 Å². The van der Waals surface area contributed by atoms with Crippen LogP contribution < -0.4 is 4.72 Å². The van der Waals surface area contributed by atoms with Crippen LogP contribution in [-0.2, 0) is 22.0 Å². The van der Waals surface area contributed by atoms with E-state index in [4.69, 9.17) is 4.42 Å². The van der Waals surface area contributed by atoms with Gasteiger partial charge in [0.2, 0.25) is 5.09 Å². The molecule has 2 aromatic heterocycles. The molecule has 1 amide bonds. The molecule has 0 bridgehead atoms. The van der Waals surface area contributed by atoms with Gasteiger partial charge in [-0.2, -0.15) is 13.5 Å². The molecule has 0 fully saturated rings. The number of hydrogen-bond donors (Lipinski definition) is 1. The fourth-order valence-corrected chi connectivity index (χ4v) is 3.86. The molecular weight excluding hydrogens is 390 g/mol. The highest BCUT2D eigenvalue weighted by Gasteiger charge is 2.27. The molecule has 0 atom stereocenters. The first kappa shape index (κ1) is 20.9. The third-order valence-electron chi connectivity index (χ3n) is 4.72. The maximum absolute atomic E-state index is 12.9. The van der Waals surface area contributed by atoms with E-state index in [2.05, 4.69) is 9.82 Å². The molecule has 8 heteroatoms. The highest BCUT2D eigenvalue weighted by Crippen LogP contribution is 2.24. The summed E-state index contributed by atoms with van der Waals surface area (Å²) in [5.74, 6) is -0.754. The average Bonchev–Trinajstić information content (AvgIpc) is 3.27.